The summed E-state index contributed by atoms with van der Waals surface area (Å²) >= 11 is 5.66. The van der Waals surface area contributed by atoms with Crippen LogP contribution in [0, 0.1) is 5.41 Å². The van der Waals surface area contributed by atoms with Crippen molar-refractivity contribution in [2.24, 2.45) is 5.41 Å². The van der Waals surface area contributed by atoms with Gasteiger partial charge in [-0.3, -0.25) is 4.79 Å². The molecule has 3 nitrogen and oxygen atoms in total. The third-order valence-electron chi connectivity index (χ3n) is 3.59. The third kappa shape index (κ3) is 1.91. The summed E-state index contributed by atoms with van der Waals surface area (Å²) in [6, 6.07) is 0. The summed E-state index contributed by atoms with van der Waals surface area (Å²) in [7, 11) is 0. The normalized spacial score (nSPS) is 31.8. The van der Waals surface area contributed by atoms with E-state index >= 15 is 0 Å². The van der Waals surface area contributed by atoms with Gasteiger partial charge in [-0.25, -0.2) is 0 Å². The highest BCUT2D eigenvalue weighted by molar-refractivity contribution is 6.19. The molecule has 2 rings (SSSR count). The van der Waals surface area contributed by atoms with Gasteiger partial charge in [-0.2, -0.15) is 0 Å². The summed E-state index contributed by atoms with van der Waals surface area (Å²) in [6.45, 7) is 4.63. The Kier molecular flexibility index (Phi) is 2.55. The van der Waals surface area contributed by atoms with Crippen molar-refractivity contribution in [2.45, 2.75) is 31.2 Å². The van der Waals surface area contributed by atoms with Crippen LogP contribution in [-0.2, 0) is 4.79 Å². The lowest BCUT2D eigenvalue weighted by molar-refractivity contribution is -0.144. The van der Waals surface area contributed by atoms with E-state index in [2.05, 4.69) is 11.9 Å². The van der Waals surface area contributed by atoms with Gasteiger partial charge in [0.1, 0.15) is 5.54 Å². The molecule has 1 unspecified atom stereocenters. The van der Waals surface area contributed by atoms with Gasteiger partial charge in [-0.1, -0.05) is 12.2 Å². The van der Waals surface area contributed by atoms with Crippen LogP contribution in [0.25, 0.3) is 0 Å². The minimum absolute atomic E-state index is 0.269. The standard InChI is InChI=1S/C11H16ClNO2/c1-8(5-12)4-11(9(14)15)6-10(2-3-10)7-13-11/h13H,1-7H2,(H,14,15). The second-order valence-electron chi connectivity index (χ2n) is 4.98. The Labute approximate surface area is 94.5 Å². The molecule has 1 heterocycles. The van der Waals surface area contributed by atoms with E-state index in [0.717, 1.165) is 31.4 Å². The molecule has 1 aliphatic heterocycles. The second kappa shape index (κ2) is 3.49. The van der Waals surface area contributed by atoms with Crippen LogP contribution in [0.15, 0.2) is 12.2 Å². The van der Waals surface area contributed by atoms with Gasteiger partial charge in [0, 0.05) is 12.4 Å². The lowest BCUT2D eigenvalue weighted by Gasteiger charge is -2.25. The number of carboxylic acids is 1. The summed E-state index contributed by atoms with van der Waals surface area (Å²) < 4.78 is 0. The predicted octanol–water partition coefficient (Wildman–Crippen LogP) is 1.77. The van der Waals surface area contributed by atoms with Crippen LogP contribution in [0.2, 0.25) is 0 Å². The Balaban J connectivity index is 2.11. The van der Waals surface area contributed by atoms with Crippen molar-refractivity contribution in [1.29, 1.82) is 0 Å². The molecule has 0 bridgehead atoms. The smallest absolute Gasteiger partial charge is 0.324 e. The number of aliphatic carboxylic acids is 1. The molecule has 2 N–H and O–H groups in total. The van der Waals surface area contributed by atoms with Gasteiger partial charge in [-0.05, 0) is 31.1 Å². The molecule has 0 radical (unpaired) electrons. The van der Waals surface area contributed by atoms with Crippen molar-refractivity contribution in [2.75, 3.05) is 12.4 Å². The van der Waals surface area contributed by atoms with E-state index in [1.807, 2.05) is 0 Å². The van der Waals surface area contributed by atoms with Gasteiger partial charge in [-0.15, -0.1) is 11.6 Å². The molecule has 84 valence electrons. The number of hydrogen-bond acceptors (Lipinski definition) is 2. The molecule has 2 aliphatic rings. The van der Waals surface area contributed by atoms with E-state index in [0.29, 0.717) is 12.3 Å². The number of nitrogens with one attached hydrogen (secondary N) is 1. The average molecular weight is 230 g/mol. The van der Waals surface area contributed by atoms with E-state index in [1.54, 1.807) is 0 Å². The Bertz CT molecular complexity index is 312. The van der Waals surface area contributed by atoms with Crippen LogP contribution in [0.3, 0.4) is 0 Å². The van der Waals surface area contributed by atoms with E-state index in [4.69, 9.17) is 11.6 Å². The van der Waals surface area contributed by atoms with Crippen LogP contribution in [-0.4, -0.2) is 29.0 Å². The summed E-state index contributed by atoms with van der Waals surface area (Å²) in [4.78, 5) is 11.3. The number of alkyl halides is 1. The predicted molar refractivity (Wildman–Crippen MR) is 59.1 cm³/mol. The first-order valence-electron chi connectivity index (χ1n) is 5.23. The highest BCUT2D eigenvalue weighted by Gasteiger charge is 2.57. The summed E-state index contributed by atoms with van der Waals surface area (Å²) in [5.41, 5.74) is 0.261. The average Bonchev–Trinajstić information content (AvgIpc) is 2.83. The van der Waals surface area contributed by atoms with Crippen molar-refractivity contribution in [3.8, 4) is 0 Å². The van der Waals surface area contributed by atoms with Crippen LogP contribution in [0.4, 0.5) is 0 Å². The number of carboxylic acid groups (broad SMARTS) is 1. The van der Waals surface area contributed by atoms with E-state index in [9.17, 15) is 9.90 Å². The summed E-state index contributed by atoms with van der Waals surface area (Å²) in [5, 5.41) is 12.5. The van der Waals surface area contributed by atoms with E-state index in [-0.39, 0.29) is 5.41 Å². The zero-order valence-electron chi connectivity index (χ0n) is 8.68. The maximum Gasteiger partial charge on any atom is 0.324 e. The Morgan fingerprint density at radius 1 is 1.53 bits per heavy atom. The molecule has 1 atom stereocenters. The lowest BCUT2D eigenvalue weighted by atomic mass is 9.86. The SMILES string of the molecule is C=C(CCl)CC1(C(=O)O)CC2(CC2)CN1. The molecule has 0 aromatic heterocycles. The summed E-state index contributed by atoms with van der Waals surface area (Å²) in [6.07, 6.45) is 3.49. The first-order valence-corrected chi connectivity index (χ1v) is 5.77. The highest BCUT2D eigenvalue weighted by atomic mass is 35.5. The molecule has 1 saturated heterocycles. The van der Waals surface area contributed by atoms with Crippen molar-refractivity contribution < 1.29 is 9.90 Å². The minimum atomic E-state index is -0.803. The third-order valence-corrected chi connectivity index (χ3v) is 3.96. The van der Waals surface area contributed by atoms with Crippen LogP contribution in [0.5, 0.6) is 0 Å². The Morgan fingerprint density at radius 3 is 2.60 bits per heavy atom. The van der Waals surface area contributed by atoms with Crippen LogP contribution < -0.4 is 5.32 Å². The van der Waals surface area contributed by atoms with Crippen LogP contribution in [0.1, 0.15) is 25.7 Å². The van der Waals surface area contributed by atoms with E-state index in [1.165, 1.54) is 0 Å². The Morgan fingerprint density at radius 2 is 2.20 bits per heavy atom. The highest BCUT2D eigenvalue weighted by Crippen LogP contribution is 2.55. The zero-order valence-corrected chi connectivity index (χ0v) is 9.44. The molecule has 0 aromatic carbocycles. The van der Waals surface area contributed by atoms with Crippen molar-refractivity contribution in [3.05, 3.63) is 12.2 Å². The van der Waals surface area contributed by atoms with Crippen molar-refractivity contribution in [1.82, 2.24) is 5.32 Å². The molecule has 4 heteroatoms. The topological polar surface area (TPSA) is 49.3 Å². The van der Waals surface area contributed by atoms with Gasteiger partial charge < -0.3 is 10.4 Å². The first-order chi connectivity index (χ1) is 7.02. The van der Waals surface area contributed by atoms with Crippen molar-refractivity contribution in [3.63, 3.8) is 0 Å². The number of hydrogen-bond donors (Lipinski definition) is 2. The van der Waals surface area contributed by atoms with E-state index < -0.39 is 11.5 Å². The maximum atomic E-state index is 11.3. The fourth-order valence-electron chi connectivity index (χ4n) is 2.48. The van der Waals surface area contributed by atoms with Gasteiger partial charge >= 0.3 is 5.97 Å². The minimum Gasteiger partial charge on any atom is -0.480 e. The molecule has 0 amide bonds. The monoisotopic (exact) mass is 229 g/mol. The van der Waals surface area contributed by atoms with Gasteiger partial charge in [0.05, 0.1) is 0 Å². The molecule has 0 aromatic rings. The van der Waals surface area contributed by atoms with Gasteiger partial charge in [0.15, 0.2) is 0 Å². The molecular weight excluding hydrogens is 214 g/mol. The molecule has 15 heavy (non-hydrogen) atoms. The quantitative estimate of drug-likeness (QED) is 0.571. The second-order valence-corrected chi connectivity index (χ2v) is 5.25. The zero-order chi connectivity index (χ0) is 11.1. The van der Waals surface area contributed by atoms with Crippen molar-refractivity contribution >= 4 is 17.6 Å². The molecule has 1 saturated carbocycles. The molecule has 1 spiro atoms. The molecule has 1 aliphatic carbocycles. The lowest BCUT2D eigenvalue weighted by Crippen LogP contribution is -2.47. The number of carbonyl (C=O) groups is 1. The summed E-state index contributed by atoms with van der Waals surface area (Å²) in [5.74, 6) is -0.429. The first kappa shape index (κ1) is 11.0. The van der Waals surface area contributed by atoms with Crippen LogP contribution >= 0.6 is 11.6 Å². The fourth-order valence-corrected chi connectivity index (χ4v) is 2.57. The maximum absolute atomic E-state index is 11.3. The number of halogens is 1. The van der Waals surface area contributed by atoms with Gasteiger partial charge in [0.2, 0.25) is 0 Å². The number of rotatable bonds is 4. The largest absolute Gasteiger partial charge is 0.480 e. The Hall–Kier alpha value is -0.540. The molecule has 2 fully saturated rings. The van der Waals surface area contributed by atoms with Gasteiger partial charge in [0.25, 0.3) is 0 Å². The molecular formula is C11H16ClNO2. The fraction of sp³-hybridized carbons (Fsp3) is 0.727.